The molecular weight excluding hydrogens is 458 g/mol. The predicted molar refractivity (Wildman–Crippen MR) is 137 cm³/mol. The number of hydrogen-bond acceptors (Lipinski definition) is 6. The van der Waals surface area contributed by atoms with E-state index in [0.29, 0.717) is 43.6 Å². The number of benzene rings is 2. The Kier molecular flexibility index (Phi) is 7.99. The second-order valence-corrected chi connectivity index (χ2v) is 9.77. The van der Waals surface area contributed by atoms with Gasteiger partial charge < -0.3 is 24.2 Å². The van der Waals surface area contributed by atoms with Gasteiger partial charge in [-0.05, 0) is 74.1 Å². The van der Waals surface area contributed by atoms with E-state index < -0.39 is 17.7 Å². The number of ether oxygens (including phenoxy) is 3. The summed E-state index contributed by atoms with van der Waals surface area (Å²) in [5.74, 6) is 0.292. The number of carbonyl (C=O) groups excluding carboxylic acids is 2. The van der Waals surface area contributed by atoms with E-state index in [-0.39, 0.29) is 17.4 Å². The SMILES string of the molecule is CCOc1ccc(C2/C(=C(/O)c3ccc(OCC(C)C)c(C)c3)C(=O)C(=O)N2CC2CCCO2)cc1. The molecule has 2 aliphatic rings. The summed E-state index contributed by atoms with van der Waals surface area (Å²) in [6.07, 6.45) is 1.62. The van der Waals surface area contributed by atoms with Crippen LogP contribution in [0.4, 0.5) is 0 Å². The van der Waals surface area contributed by atoms with Crippen molar-refractivity contribution in [3.63, 3.8) is 0 Å². The topological polar surface area (TPSA) is 85.3 Å². The molecular formula is C29H35NO6. The lowest BCUT2D eigenvalue weighted by Crippen LogP contribution is -2.36. The zero-order valence-corrected chi connectivity index (χ0v) is 21.5. The van der Waals surface area contributed by atoms with Crippen LogP contribution in [0, 0.1) is 12.8 Å². The van der Waals surface area contributed by atoms with Gasteiger partial charge in [0.15, 0.2) is 0 Å². The molecule has 4 rings (SSSR count). The van der Waals surface area contributed by atoms with E-state index >= 15 is 0 Å². The Morgan fingerprint density at radius 1 is 1.14 bits per heavy atom. The highest BCUT2D eigenvalue weighted by molar-refractivity contribution is 6.46. The molecule has 0 aliphatic carbocycles. The zero-order valence-electron chi connectivity index (χ0n) is 21.5. The quantitative estimate of drug-likeness (QED) is 0.300. The van der Waals surface area contributed by atoms with E-state index in [1.165, 1.54) is 4.90 Å². The van der Waals surface area contributed by atoms with Crippen LogP contribution in [0.5, 0.6) is 11.5 Å². The van der Waals surface area contributed by atoms with Crippen LogP contribution in [0.25, 0.3) is 5.76 Å². The van der Waals surface area contributed by atoms with Gasteiger partial charge in [0, 0.05) is 18.7 Å². The van der Waals surface area contributed by atoms with E-state index in [1.807, 2.05) is 38.1 Å². The molecule has 1 N–H and O–H groups in total. The molecule has 0 bridgehead atoms. The van der Waals surface area contributed by atoms with E-state index in [1.54, 1.807) is 18.2 Å². The monoisotopic (exact) mass is 493 g/mol. The van der Waals surface area contributed by atoms with Gasteiger partial charge in [0.25, 0.3) is 11.7 Å². The minimum absolute atomic E-state index is 0.0809. The normalized spacial score (nSPS) is 21.4. The lowest BCUT2D eigenvalue weighted by molar-refractivity contribution is -0.140. The minimum Gasteiger partial charge on any atom is -0.507 e. The fraction of sp³-hybridized carbons (Fsp3) is 0.448. The molecule has 0 aromatic heterocycles. The van der Waals surface area contributed by atoms with Crippen molar-refractivity contribution in [1.29, 1.82) is 0 Å². The van der Waals surface area contributed by atoms with Crippen LogP contribution >= 0.6 is 0 Å². The number of aryl methyl sites for hydroxylation is 1. The number of Topliss-reactive ketones (excluding diaryl/α,β-unsaturated/α-hetero) is 1. The van der Waals surface area contributed by atoms with Crippen LogP contribution < -0.4 is 9.47 Å². The van der Waals surface area contributed by atoms with Gasteiger partial charge in [-0.3, -0.25) is 9.59 Å². The first kappa shape index (κ1) is 25.8. The summed E-state index contributed by atoms with van der Waals surface area (Å²) in [6.45, 7) is 10.0. The van der Waals surface area contributed by atoms with Crippen molar-refractivity contribution in [1.82, 2.24) is 4.90 Å². The standard InChI is InChI=1S/C29H35NO6/c1-5-34-22-11-8-20(9-12-22)26-25(28(32)29(33)30(26)16-23-7-6-14-35-23)27(31)21-10-13-24(19(4)15-21)36-17-18(2)3/h8-13,15,18,23,26,31H,5-7,14,16-17H2,1-4H3/b27-25-. The highest BCUT2D eigenvalue weighted by Gasteiger charge is 2.47. The van der Waals surface area contributed by atoms with Crippen molar-refractivity contribution in [3.8, 4) is 11.5 Å². The first-order valence-corrected chi connectivity index (χ1v) is 12.7. The van der Waals surface area contributed by atoms with E-state index in [4.69, 9.17) is 14.2 Å². The van der Waals surface area contributed by atoms with Crippen molar-refractivity contribution in [3.05, 3.63) is 64.7 Å². The Balaban J connectivity index is 1.74. The average molecular weight is 494 g/mol. The molecule has 2 aromatic rings. The van der Waals surface area contributed by atoms with Gasteiger partial charge in [0.2, 0.25) is 0 Å². The van der Waals surface area contributed by atoms with Gasteiger partial charge in [-0.25, -0.2) is 0 Å². The number of likely N-dealkylation sites (tertiary alicyclic amines) is 1. The van der Waals surface area contributed by atoms with Gasteiger partial charge in [0.1, 0.15) is 17.3 Å². The van der Waals surface area contributed by atoms with Crippen molar-refractivity contribution in [2.45, 2.75) is 52.7 Å². The Labute approximate surface area is 212 Å². The number of nitrogens with zero attached hydrogens (tertiary/aromatic N) is 1. The molecule has 2 aliphatic heterocycles. The van der Waals surface area contributed by atoms with Crippen molar-refractivity contribution in [2.75, 3.05) is 26.4 Å². The molecule has 36 heavy (non-hydrogen) atoms. The lowest BCUT2D eigenvalue weighted by Gasteiger charge is -2.27. The number of aliphatic hydroxyl groups excluding tert-OH is 1. The van der Waals surface area contributed by atoms with Gasteiger partial charge in [-0.15, -0.1) is 0 Å². The minimum atomic E-state index is -0.720. The second-order valence-electron chi connectivity index (χ2n) is 9.77. The Hall–Kier alpha value is -3.32. The first-order chi connectivity index (χ1) is 17.3. The number of carbonyl (C=O) groups is 2. The second kappa shape index (κ2) is 11.2. The molecule has 0 saturated carbocycles. The summed E-state index contributed by atoms with van der Waals surface area (Å²) >= 11 is 0. The average Bonchev–Trinajstić information content (AvgIpc) is 3.46. The fourth-order valence-corrected chi connectivity index (χ4v) is 4.71. The molecule has 0 spiro atoms. The Bertz CT molecular complexity index is 1130. The molecule has 2 fully saturated rings. The molecule has 192 valence electrons. The maximum atomic E-state index is 13.3. The highest BCUT2D eigenvalue weighted by atomic mass is 16.5. The van der Waals surface area contributed by atoms with Crippen molar-refractivity contribution >= 4 is 17.4 Å². The number of aliphatic hydroxyl groups is 1. The van der Waals surface area contributed by atoms with E-state index in [2.05, 4.69) is 13.8 Å². The number of ketones is 1. The Morgan fingerprint density at radius 3 is 2.50 bits per heavy atom. The number of rotatable bonds is 9. The van der Waals surface area contributed by atoms with Crippen LogP contribution in [-0.4, -0.2) is 54.2 Å². The lowest BCUT2D eigenvalue weighted by atomic mass is 9.94. The molecule has 7 heteroatoms. The molecule has 2 atom stereocenters. The maximum Gasteiger partial charge on any atom is 0.295 e. The third kappa shape index (κ3) is 5.41. The van der Waals surface area contributed by atoms with Gasteiger partial charge >= 0.3 is 0 Å². The fourth-order valence-electron chi connectivity index (χ4n) is 4.71. The molecule has 1 amide bonds. The smallest absolute Gasteiger partial charge is 0.295 e. The Morgan fingerprint density at radius 2 is 1.89 bits per heavy atom. The highest BCUT2D eigenvalue weighted by Crippen LogP contribution is 2.41. The van der Waals surface area contributed by atoms with Gasteiger partial charge in [-0.1, -0.05) is 26.0 Å². The molecule has 0 radical (unpaired) electrons. The molecule has 2 heterocycles. The summed E-state index contributed by atoms with van der Waals surface area (Å²) in [5, 5.41) is 11.4. The van der Waals surface area contributed by atoms with Crippen molar-refractivity contribution < 1.29 is 28.9 Å². The maximum absolute atomic E-state index is 13.3. The first-order valence-electron chi connectivity index (χ1n) is 12.7. The predicted octanol–water partition coefficient (Wildman–Crippen LogP) is 5.03. The van der Waals surface area contributed by atoms with Crippen LogP contribution in [0.15, 0.2) is 48.0 Å². The molecule has 2 saturated heterocycles. The third-order valence-corrected chi connectivity index (χ3v) is 6.49. The van der Waals surface area contributed by atoms with Gasteiger partial charge in [-0.2, -0.15) is 0 Å². The number of amides is 1. The van der Waals surface area contributed by atoms with Crippen LogP contribution in [0.1, 0.15) is 56.3 Å². The molecule has 2 aromatic carbocycles. The zero-order chi connectivity index (χ0) is 25.8. The largest absolute Gasteiger partial charge is 0.507 e. The van der Waals surface area contributed by atoms with Crippen LogP contribution in [-0.2, 0) is 14.3 Å². The van der Waals surface area contributed by atoms with Crippen LogP contribution in [0.3, 0.4) is 0 Å². The molecule has 2 unspecified atom stereocenters. The third-order valence-electron chi connectivity index (χ3n) is 6.49. The van der Waals surface area contributed by atoms with Crippen molar-refractivity contribution in [2.24, 2.45) is 5.92 Å². The van der Waals surface area contributed by atoms with E-state index in [9.17, 15) is 14.7 Å². The summed E-state index contributed by atoms with van der Waals surface area (Å²) < 4.78 is 17.2. The summed E-state index contributed by atoms with van der Waals surface area (Å²) in [4.78, 5) is 28.0. The van der Waals surface area contributed by atoms with E-state index in [0.717, 1.165) is 29.7 Å². The number of hydrogen-bond donors (Lipinski definition) is 1. The van der Waals surface area contributed by atoms with Crippen LogP contribution in [0.2, 0.25) is 0 Å². The summed E-state index contributed by atoms with van der Waals surface area (Å²) in [7, 11) is 0. The summed E-state index contributed by atoms with van der Waals surface area (Å²) in [5.41, 5.74) is 2.12. The summed E-state index contributed by atoms with van der Waals surface area (Å²) in [6, 6.07) is 11.9. The molecule has 7 nitrogen and oxygen atoms in total. The van der Waals surface area contributed by atoms with Gasteiger partial charge in [0.05, 0.1) is 30.9 Å².